The molecule has 1 atom stereocenters. The Balaban J connectivity index is 1.43. The summed E-state index contributed by atoms with van der Waals surface area (Å²) in [6, 6.07) is 10.4. The van der Waals surface area contributed by atoms with Crippen molar-refractivity contribution in [3.05, 3.63) is 46.8 Å². The molecular formula is C21H25N3O2S2. The lowest BCUT2D eigenvalue weighted by molar-refractivity contribution is 0.0953. The molecule has 148 valence electrons. The maximum absolute atomic E-state index is 6.04. The summed E-state index contributed by atoms with van der Waals surface area (Å²) in [6.45, 7) is 6.47. The van der Waals surface area contributed by atoms with Gasteiger partial charge in [-0.25, -0.2) is 0 Å². The number of ether oxygens (including phenoxy) is 2. The minimum Gasteiger partial charge on any atom is -0.492 e. The first-order chi connectivity index (χ1) is 13.7. The molecule has 0 amide bonds. The van der Waals surface area contributed by atoms with Gasteiger partial charge in [0.1, 0.15) is 5.75 Å². The van der Waals surface area contributed by atoms with Crippen molar-refractivity contribution in [3.8, 4) is 16.5 Å². The average molecular weight is 416 g/mol. The van der Waals surface area contributed by atoms with E-state index in [4.69, 9.17) is 9.47 Å². The summed E-state index contributed by atoms with van der Waals surface area (Å²) in [4.78, 5) is 1.14. The van der Waals surface area contributed by atoms with Crippen molar-refractivity contribution >= 4 is 23.1 Å². The van der Waals surface area contributed by atoms with Gasteiger partial charge in [-0.2, -0.15) is 0 Å². The average Bonchev–Trinajstić information content (AvgIpc) is 3.43. The van der Waals surface area contributed by atoms with Crippen LogP contribution in [0.1, 0.15) is 24.0 Å². The Morgan fingerprint density at radius 3 is 2.79 bits per heavy atom. The van der Waals surface area contributed by atoms with E-state index in [-0.39, 0.29) is 6.10 Å². The number of hydrogen-bond donors (Lipinski definition) is 0. The highest BCUT2D eigenvalue weighted by Gasteiger charge is 2.22. The summed E-state index contributed by atoms with van der Waals surface area (Å²) >= 11 is 3.39. The summed E-state index contributed by atoms with van der Waals surface area (Å²) in [5, 5.41) is 11.9. The van der Waals surface area contributed by atoms with Gasteiger partial charge >= 0.3 is 0 Å². The van der Waals surface area contributed by atoms with E-state index in [1.807, 2.05) is 0 Å². The fraction of sp³-hybridized carbons (Fsp3) is 0.429. The molecule has 5 nitrogen and oxygen atoms in total. The van der Waals surface area contributed by atoms with Crippen molar-refractivity contribution in [2.75, 3.05) is 19.0 Å². The number of thiophene rings is 1. The highest BCUT2D eigenvalue weighted by molar-refractivity contribution is 7.99. The number of thioether (sulfide) groups is 1. The molecule has 0 saturated carbocycles. The van der Waals surface area contributed by atoms with E-state index in [1.165, 1.54) is 11.1 Å². The van der Waals surface area contributed by atoms with Crippen molar-refractivity contribution < 1.29 is 9.47 Å². The van der Waals surface area contributed by atoms with Gasteiger partial charge in [-0.1, -0.05) is 36.0 Å². The van der Waals surface area contributed by atoms with E-state index in [9.17, 15) is 0 Å². The quantitative estimate of drug-likeness (QED) is 0.384. The first-order valence-corrected chi connectivity index (χ1v) is 11.5. The lowest BCUT2D eigenvalue weighted by Gasteiger charge is -2.15. The van der Waals surface area contributed by atoms with Gasteiger partial charge < -0.3 is 9.47 Å². The van der Waals surface area contributed by atoms with E-state index in [0.717, 1.165) is 53.4 Å². The molecule has 1 aromatic carbocycles. The van der Waals surface area contributed by atoms with E-state index >= 15 is 0 Å². The third-order valence-corrected chi connectivity index (χ3v) is 6.64. The van der Waals surface area contributed by atoms with Crippen molar-refractivity contribution in [2.24, 2.45) is 0 Å². The second-order valence-electron chi connectivity index (χ2n) is 6.95. The zero-order chi connectivity index (χ0) is 19.3. The molecule has 0 spiro atoms. The number of aromatic nitrogens is 3. The standard InChI is InChI=1S/C21H25N3O2S2/c1-15-6-3-7-16(2)19(15)26-11-13-28-21-23-22-20(18-9-5-12-27-18)24(21)14-17-8-4-10-25-17/h3,5-7,9,12,17H,4,8,10-11,13-14H2,1-2H3. The molecule has 4 rings (SSSR count). The Labute approximate surface area is 174 Å². The summed E-state index contributed by atoms with van der Waals surface area (Å²) in [7, 11) is 0. The van der Waals surface area contributed by atoms with E-state index < -0.39 is 0 Å². The Morgan fingerprint density at radius 1 is 1.21 bits per heavy atom. The molecule has 7 heteroatoms. The summed E-state index contributed by atoms with van der Waals surface area (Å²) in [6.07, 6.45) is 2.48. The second kappa shape index (κ2) is 9.11. The van der Waals surface area contributed by atoms with Gasteiger partial charge in [0.05, 0.1) is 24.1 Å². The Hall–Kier alpha value is -1.83. The van der Waals surface area contributed by atoms with E-state index in [2.05, 4.69) is 64.3 Å². The van der Waals surface area contributed by atoms with Gasteiger partial charge in [-0.05, 0) is 49.3 Å². The fourth-order valence-corrected chi connectivity index (χ4v) is 4.93. The first kappa shape index (κ1) is 19.5. The van der Waals surface area contributed by atoms with Crippen LogP contribution in [0.25, 0.3) is 10.7 Å². The second-order valence-corrected chi connectivity index (χ2v) is 8.96. The van der Waals surface area contributed by atoms with Crippen LogP contribution in [0.15, 0.2) is 40.9 Å². The predicted octanol–water partition coefficient (Wildman–Crippen LogP) is 4.97. The Kier molecular flexibility index (Phi) is 6.34. The molecule has 1 aliphatic heterocycles. The van der Waals surface area contributed by atoms with Crippen LogP contribution in [0.3, 0.4) is 0 Å². The normalized spacial score (nSPS) is 16.6. The zero-order valence-corrected chi connectivity index (χ0v) is 17.9. The SMILES string of the molecule is Cc1cccc(C)c1OCCSc1nnc(-c2cccs2)n1CC1CCCO1. The van der Waals surface area contributed by atoms with Crippen molar-refractivity contribution in [1.82, 2.24) is 14.8 Å². The monoisotopic (exact) mass is 415 g/mol. The molecule has 1 fully saturated rings. The third-order valence-electron chi connectivity index (χ3n) is 4.84. The van der Waals surface area contributed by atoms with Crippen LogP contribution < -0.4 is 4.74 Å². The predicted molar refractivity (Wildman–Crippen MR) is 114 cm³/mol. The van der Waals surface area contributed by atoms with Crippen LogP contribution in [0.5, 0.6) is 5.75 Å². The number of rotatable bonds is 8. The molecule has 3 heterocycles. The van der Waals surface area contributed by atoms with Gasteiger partial charge in [0.2, 0.25) is 0 Å². The molecule has 0 radical (unpaired) electrons. The number of aryl methyl sites for hydroxylation is 2. The molecule has 3 aromatic rings. The van der Waals surface area contributed by atoms with Gasteiger partial charge in [0, 0.05) is 12.4 Å². The summed E-state index contributed by atoms with van der Waals surface area (Å²) in [5.41, 5.74) is 2.35. The Bertz CT molecular complexity index is 882. The molecule has 1 saturated heterocycles. The van der Waals surface area contributed by atoms with Crippen LogP contribution in [-0.4, -0.2) is 39.8 Å². The van der Waals surface area contributed by atoms with Crippen LogP contribution in [0.4, 0.5) is 0 Å². The minimum atomic E-state index is 0.250. The molecular weight excluding hydrogens is 390 g/mol. The maximum Gasteiger partial charge on any atom is 0.191 e. The molecule has 28 heavy (non-hydrogen) atoms. The van der Waals surface area contributed by atoms with Crippen molar-refractivity contribution in [2.45, 2.75) is 44.5 Å². The topological polar surface area (TPSA) is 49.2 Å². The van der Waals surface area contributed by atoms with Crippen LogP contribution in [0, 0.1) is 13.8 Å². The summed E-state index contributed by atoms with van der Waals surface area (Å²) in [5.74, 6) is 2.74. The van der Waals surface area contributed by atoms with Gasteiger partial charge in [0.15, 0.2) is 11.0 Å². The highest BCUT2D eigenvalue weighted by Crippen LogP contribution is 2.29. The van der Waals surface area contributed by atoms with Gasteiger partial charge in [-0.15, -0.1) is 21.5 Å². The largest absolute Gasteiger partial charge is 0.492 e. The number of benzene rings is 1. The first-order valence-electron chi connectivity index (χ1n) is 9.63. The molecule has 1 aliphatic rings. The maximum atomic E-state index is 6.04. The minimum absolute atomic E-state index is 0.250. The zero-order valence-electron chi connectivity index (χ0n) is 16.3. The lowest BCUT2D eigenvalue weighted by atomic mass is 10.1. The van der Waals surface area contributed by atoms with Gasteiger partial charge in [-0.3, -0.25) is 4.57 Å². The van der Waals surface area contributed by atoms with Crippen molar-refractivity contribution in [3.63, 3.8) is 0 Å². The highest BCUT2D eigenvalue weighted by atomic mass is 32.2. The molecule has 1 unspecified atom stereocenters. The van der Waals surface area contributed by atoms with Crippen molar-refractivity contribution in [1.29, 1.82) is 0 Å². The molecule has 0 bridgehead atoms. The third kappa shape index (κ3) is 4.42. The van der Waals surface area contributed by atoms with E-state index in [1.54, 1.807) is 23.1 Å². The summed E-state index contributed by atoms with van der Waals surface area (Å²) < 4.78 is 14.1. The molecule has 2 aromatic heterocycles. The number of hydrogen-bond acceptors (Lipinski definition) is 6. The number of nitrogens with zero attached hydrogens (tertiary/aromatic N) is 3. The van der Waals surface area contributed by atoms with E-state index in [0.29, 0.717) is 6.61 Å². The Morgan fingerprint density at radius 2 is 2.07 bits per heavy atom. The van der Waals surface area contributed by atoms with Gasteiger partial charge in [0.25, 0.3) is 0 Å². The molecule has 0 N–H and O–H groups in total. The number of para-hydroxylation sites is 1. The van der Waals surface area contributed by atoms with Crippen LogP contribution in [-0.2, 0) is 11.3 Å². The van der Waals surface area contributed by atoms with Crippen LogP contribution in [0.2, 0.25) is 0 Å². The van der Waals surface area contributed by atoms with Crippen LogP contribution >= 0.6 is 23.1 Å². The molecule has 0 aliphatic carbocycles. The fourth-order valence-electron chi connectivity index (χ4n) is 3.44. The smallest absolute Gasteiger partial charge is 0.191 e. The lowest BCUT2D eigenvalue weighted by Crippen LogP contribution is -2.16.